The zero-order chi connectivity index (χ0) is 16.7. The van der Waals surface area contributed by atoms with E-state index in [1.807, 2.05) is 4.90 Å². The minimum Gasteiger partial charge on any atom is -0.342 e. The van der Waals surface area contributed by atoms with Crippen molar-refractivity contribution in [2.24, 2.45) is 11.8 Å². The first-order chi connectivity index (χ1) is 11.5. The molecule has 4 heterocycles. The van der Waals surface area contributed by atoms with Gasteiger partial charge in [-0.2, -0.15) is 4.31 Å². The van der Waals surface area contributed by atoms with Crippen LogP contribution in [-0.2, 0) is 21.2 Å². The van der Waals surface area contributed by atoms with Crippen LogP contribution in [0, 0.1) is 11.8 Å². The number of likely N-dealkylation sites (tertiary alicyclic amines) is 1. The minimum atomic E-state index is -3.37. The molecule has 3 aliphatic heterocycles. The number of nitrogens with one attached hydrogen (secondary N) is 1. The molecule has 3 fully saturated rings. The van der Waals surface area contributed by atoms with Crippen molar-refractivity contribution >= 4 is 27.3 Å². The largest absolute Gasteiger partial charge is 0.342 e. The summed E-state index contributed by atoms with van der Waals surface area (Å²) in [6.07, 6.45) is 2.18. The Labute approximate surface area is 146 Å². The van der Waals surface area contributed by atoms with Crippen LogP contribution < -0.4 is 5.32 Å². The molecule has 0 aromatic carbocycles. The van der Waals surface area contributed by atoms with E-state index in [1.54, 1.807) is 16.4 Å². The Morgan fingerprint density at radius 2 is 1.83 bits per heavy atom. The highest BCUT2D eigenvalue weighted by molar-refractivity contribution is 7.91. The van der Waals surface area contributed by atoms with Crippen LogP contribution in [0.1, 0.15) is 17.7 Å². The van der Waals surface area contributed by atoms with E-state index in [2.05, 4.69) is 5.32 Å². The maximum Gasteiger partial charge on any atom is 0.252 e. The molecule has 132 valence electrons. The van der Waals surface area contributed by atoms with Crippen molar-refractivity contribution in [3.05, 3.63) is 17.0 Å². The summed E-state index contributed by atoms with van der Waals surface area (Å²) in [7, 11) is -3.37. The van der Waals surface area contributed by atoms with E-state index in [9.17, 15) is 13.2 Å². The van der Waals surface area contributed by atoms with Gasteiger partial charge in [0.1, 0.15) is 4.21 Å². The van der Waals surface area contributed by atoms with Gasteiger partial charge in [0.2, 0.25) is 5.91 Å². The number of nitrogens with zero attached hydrogens (tertiary/aromatic N) is 2. The van der Waals surface area contributed by atoms with Gasteiger partial charge >= 0.3 is 0 Å². The van der Waals surface area contributed by atoms with Gasteiger partial charge < -0.3 is 10.2 Å². The maximum atomic E-state index is 12.6. The highest BCUT2D eigenvalue weighted by Gasteiger charge is 2.38. The number of fused-ring (bicyclic) bond motifs is 1. The lowest BCUT2D eigenvalue weighted by Crippen LogP contribution is -2.32. The Balaban J connectivity index is 1.41. The highest BCUT2D eigenvalue weighted by Crippen LogP contribution is 2.30. The molecule has 2 atom stereocenters. The van der Waals surface area contributed by atoms with Crippen LogP contribution in [0.2, 0.25) is 0 Å². The van der Waals surface area contributed by atoms with Crippen molar-refractivity contribution in [3.63, 3.8) is 0 Å². The molecule has 1 amide bonds. The summed E-state index contributed by atoms with van der Waals surface area (Å²) in [5.74, 6) is 1.29. The topological polar surface area (TPSA) is 69.7 Å². The molecule has 24 heavy (non-hydrogen) atoms. The minimum absolute atomic E-state index is 0.122. The predicted octanol–water partition coefficient (Wildman–Crippen LogP) is 0.753. The number of hydrogen-bond acceptors (Lipinski definition) is 5. The molecule has 8 heteroatoms. The number of carbonyl (C=O) groups is 1. The number of thiophene rings is 1. The molecule has 1 aromatic heterocycles. The standard InChI is InChI=1S/C16H23N3O3S2/c20-15(18-10-12-8-17-9-13(12)11-18)7-14-3-4-16(23-14)24(21,22)19-5-1-2-6-19/h3-4,12-13,17H,1-2,5-11H2/t12-,13+. The number of hydrogen-bond donors (Lipinski definition) is 1. The van der Waals surface area contributed by atoms with E-state index >= 15 is 0 Å². The average Bonchev–Trinajstić information content (AvgIpc) is 3.30. The number of rotatable bonds is 4. The Morgan fingerprint density at radius 1 is 1.17 bits per heavy atom. The fourth-order valence-electron chi connectivity index (χ4n) is 3.97. The molecular formula is C16H23N3O3S2. The Kier molecular flexibility index (Phi) is 4.40. The van der Waals surface area contributed by atoms with Gasteiger partial charge in [0.15, 0.2) is 0 Å². The third kappa shape index (κ3) is 3.00. The molecule has 0 bridgehead atoms. The lowest BCUT2D eigenvalue weighted by molar-refractivity contribution is -0.129. The first kappa shape index (κ1) is 16.5. The van der Waals surface area contributed by atoms with Crippen molar-refractivity contribution in [1.29, 1.82) is 0 Å². The molecule has 6 nitrogen and oxygen atoms in total. The van der Waals surface area contributed by atoms with Gasteiger partial charge in [-0.05, 0) is 36.8 Å². The van der Waals surface area contributed by atoms with Gasteiger partial charge in [-0.3, -0.25) is 4.79 Å². The van der Waals surface area contributed by atoms with Crippen LogP contribution in [0.5, 0.6) is 0 Å². The first-order valence-electron chi connectivity index (χ1n) is 8.61. The summed E-state index contributed by atoms with van der Waals surface area (Å²) in [4.78, 5) is 15.3. The third-order valence-electron chi connectivity index (χ3n) is 5.36. The van der Waals surface area contributed by atoms with Crippen molar-refractivity contribution in [3.8, 4) is 0 Å². The second kappa shape index (κ2) is 6.40. The summed E-state index contributed by atoms with van der Waals surface area (Å²) in [6, 6.07) is 3.45. The van der Waals surface area contributed by atoms with Crippen LogP contribution in [0.4, 0.5) is 0 Å². The van der Waals surface area contributed by atoms with Gasteiger partial charge in [0.05, 0.1) is 6.42 Å². The zero-order valence-corrected chi connectivity index (χ0v) is 15.2. The monoisotopic (exact) mass is 369 g/mol. The summed E-state index contributed by atoms with van der Waals surface area (Å²) in [5.41, 5.74) is 0. The van der Waals surface area contributed by atoms with Gasteiger partial charge in [-0.1, -0.05) is 0 Å². The molecule has 1 N–H and O–H groups in total. The molecule has 0 unspecified atom stereocenters. The fourth-order valence-corrected chi connectivity index (χ4v) is 6.99. The number of amides is 1. The fraction of sp³-hybridized carbons (Fsp3) is 0.688. The molecule has 0 radical (unpaired) electrons. The van der Waals surface area contributed by atoms with E-state index in [0.29, 0.717) is 35.6 Å². The Hall–Kier alpha value is -0.960. The van der Waals surface area contributed by atoms with Gasteiger partial charge in [0.25, 0.3) is 10.0 Å². The Morgan fingerprint density at radius 3 is 2.50 bits per heavy atom. The van der Waals surface area contributed by atoms with Crippen molar-refractivity contribution in [2.75, 3.05) is 39.3 Å². The average molecular weight is 370 g/mol. The maximum absolute atomic E-state index is 12.6. The number of sulfonamides is 1. The van der Waals surface area contributed by atoms with Crippen LogP contribution in [0.3, 0.4) is 0 Å². The van der Waals surface area contributed by atoms with Crippen LogP contribution in [-0.4, -0.2) is 62.8 Å². The van der Waals surface area contributed by atoms with E-state index in [0.717, 1.165) is 43.9 Å². The van der Waals surface area contributed by atoms with Crippen LogP contribution in [0.15, 0.2) is 16.3 Å². The molecular weight excluding hydrogens is 346 g/mol. The third-order valence-corrected chi connectivity index (χ3v) is 8.82. The van der Waals surface area contributed by atoms with Crippen molar-refractivity contribution in [1.82, 2.24) is 14.5 Å². The quantitative estimate of drug-likeness (QED) is 0.850. The summed E-state index contributed by atoms with van der Waals surface area (Å²) >= 11 is 1.25. The molecule has 0 spiro atoms. The molecule has 4 rings (SSSR count). The summed E-state index contributed by atoms with van der Waals surface area (Å²) < 4.78 is 27.0. The van der Waals surface area contributed by atoms with Gasteiger partial charge in [0, 0.05) is 44.1 Å². The molecule has 3 saturated heterocycles. The molecule has 0 aliphatic carbocycles. The smallest absolute Gasteiger partial charge is 0.252 e. The molecule has 1 aromatic rings. The van der Waals surface area contributed by atoms with Gasteiger partial charge in [-0.25, -0.2) is 8.42 Å². The van der Waals surface area contributed by atoms with Crippen LogP contribution in [0.25, 0.3) is 0 Å². The lowest BCUT2D eigenvalue weighted by atomic mass is 10.0. The second-order valence-corrected chi connectivity index (χ2v) is 10.3. The Bertz CT molecular complexity index is 713. The summed E-state index contributed by atoms with van der Waals surface area (Å²) in [6.45, 7) is 4.90. The van der Waals surface area contributed by atoms with Crippen molar-refractivity contribution in [2.45, 2.75) is 23.5 Å². The second-order valence-electron chi connectivity index (χ2n) is 6.99. The lowest BCUT2D eigenvalue weighted by Gasteiger charge is -2.17. The van der Waals surface area contributed by atoms with E-state index in [-0.39, 0.29) is 5.91 Å². The van der Waals surface area contributed by atoms with Gasteiger partial charge in [-0.15, -0.1) is 11.3 Å². The predicted molar refractivity (Wildman–Crippen MR) is 92.4 cm³/mol. The van der Waals surface area contributed by atoms with E-state index < -0.39 is 10.0 Å². The molecule has 0 saturated carbocycles. The first-order valence-corrected chi connectivity index (χ1v) is 10.9. The summed E-state index contributed by atoms with van der Waals surface area (Å²) in [5, 5.41) is 3.37. The normalized spacial score (nSPS) is 27.8. The highest BCUT2D eigenvalue weighted by atomic mass is 32.2. The number of carbonyl (C=O) groups excluding carboxylic acids is 1. The SMILES string of the molecule is O=C(Cc1ccc(S(=O)(=O)N2CCCC2)s1)N1C[C@H]2CNC[C@H]2C1. The van der Waals surface area contributed by atoms with Crippen LogP contribution >= 0.6 is 11.3 Å². The zero-order valence-electron chi connectivity index (χ0n) is 13.6. The van der Waals surface area contributed by atoms with E-state index in [4.69, 9.17) is 0 Å². The van der Waals surface area contributed by atoms with Crippen molar-refractivity contribution < 1.29 is 13.2 Å². The molecule has 3 aliphatic rings. The van der Waals surface area contributed by atoms with E-state index in [1.165, 1.54) is 11.3 Å².